The van der Waals surface area contributed by atoms with Gasteiger partial charge in [-0.2, -0.15) is 0 Å². The molecule has 94 valence electrons. The largest absolute Gasteiger partial charge is 0.394 e. The molecule has 1 heterocycles. The van der Waals surface area contributed by atoms with E-state index in [1.54, 1.807) is 26.2 Å². The van der Waals surface area contributed by atoms with E-state index in [1.807, 2.05) is 0 Å². The molecular formula is C10H15N3O3S. The molecule has 1 amide bonds. The molecule has 2 N–H and O–H groups in total. The van der Waals surface area contributed by atoms with E-state index in [-0.39, 0.29) is 18.2 Å². The molecule has 0 aliphatic heterocycles. The molecular weight excluding hydrogens is 242 g/mol. The molecule has 7 heteroatoms. The summed E-state index contributed by atoms with van der Waals surface area (Å²) in [6.45, 7) is -0.280. The number of hydrogen-bond donors (Lipinski definition) is 2. The molecule has 0 spiro atoms. The predicted molar refractivity (Wildman–Crippen MR) is 63.9 cm³/mol. The number of aliphatic hydroxyl groups excluding tert-OH is 2. The molecule has 0 bridgehead atoms. The van der Waals surface area contributed by atoms with Gasteiger partial charge < -0.3 is 15.1 Å². The number of amides is 1. The van der Waals surface area contributed by atoms with Crippen LogP contribution in [0, 0.1) is 0 Å². The fourth-order valence-electron chi connectivity index (χ4n) is 0.974. The van der Waals surface area contributed by atoms with Crippen LogP contribution in [0.4, 0.5) is 0 Å². The van der Waals surface area contributed by atoms with E-state index in [2.05, 4.69) is 10.2 Å². The lowest BCUT2D eigenvalue weighted by Crippen LogP contribution is -2.23. The van der Waals surface area contributed by atoms with E-state index in [0.29, 0.717) is 10.8 Å². The van der Waals surface area contributed by atoms with Gasteiger partial charge in [-0.15, -0.1) is 22.0 Å². The normalized spacial score (nSPS) is 12.2. The van der Waals surface area contributed by atoms with Crippen LogP contribution in [0.25, 0.3) is 0 Å². The number of carbonyl (C=O) groups excluding carboxylic acids is 1. The molecule has 1 unspecified atom stereocenters. The van der Waals surface area contributed by atoms with Gasteiger partial charge in [0.15, 0.2) is 5.69 Å². The highest BCUT2D eigenvalue weighted by Gasteiger charge is 2.10. The van der Waals surface area contributed by atoms with Crippen LogP contribution in [0.1, 0.15) is 10.5 Å². The first-order valence-electron chi connectivity index (χ1n) is 5.01. The monoisotopic (exact) mass is 257 g/mol. The van der Waals surface area contributed by atoms with Crippen molar-refractivity contribution >= 4 is 17.7 Å². The Morgan fingerprint density at radius 2 is 2.18 bits per heavy atom. The second-order valence-electron chi connectivity index (χ2n) is 3.60. The lowest BCUT2D eigenvalue weighted by molar-refractivity contribution is 0.0820. The van der Waals surface area contributed by atoms with Crippen LogP contribution in [-0.4, -0.2) is 63.8 Å². The zero-order valence-corrected chi connectivity index (χ0v) is 10.5. The highest BCUT2D eigenvalue weighted by molar-refractivity contribution is 7.99. The summed E-state index contributed by atoms with van der Waals surface area (Å²) in [5.74, 6) is 0.135. The van der Waals surface area contributed by atoms with Crippen LogP contribution in [0.15, 0.2) is 17.2 Å². The summed E-state index contributed by atoms with van der Waals surface area (Å²) in [5, 5.41) is 26.1. The lowest BCUT2D eigenvalue weighted by atomic mass is 10.3. The van der Waals surface area contributed by atoms with Gasteiger partial charge in [-0.25, -0.2) is 0 Å². The van der Waals surface area contributed by atoms with Crippen LogP contribution in [0.2, 0.25) is 0 Å². The summed E-state index contributed by atoms with van der Waals surface area (Å²) in [6.07, 6.45) is -0.773. The topological polar surface area (TPSA) is 86.6 Å². The average molecular weight is 257 g/mol. The first-order valence-corrected chi connectivity index (χ1v) is 6.00. The zero-order valence-electron chi connectivity index (χ0n) is 9.70. The minimum absolute atomic E-state index is 0.204. The third-order valence-corrected chi connectivity index (χ3v) is 2.96. The number of carbonyl (C=O) groups is 1. The maximum absolute atomic E-state index is 11.5. The third-order valence-electron chi connectivity index (χ3n) is 1.90. The van der Waals surface area contributed by atoms with Gasteiger partial charge in [0.05, 0.1) is 12.7 Å². The Bertz CT molecular complexity index is 370. The minimum atomic E-state index is -0.773. The number of nitrogens with zero attached hydrogens (tertiary/aromatic N) is 3. The standard InChI is InChI=1S/C10H15N3O3S/c1-13(2)10(16)8-3-4-9(12-11-8)17-6-7(15)5-14/h3-4,7,14-15H,5-6H2,1-2H3. The Labute approximate surface area is 104 Å². The maximum atomic E-state index is 11.5. The third kappa shape index (κ3) is 4.29. The van der Waals surface area contributed by atoms with Crippen molar-refractivity contribution in [3.63, 3.8) is 0 Å². The van der Waals surface area contributed by atoms with Crippen molar-refractivity contribution in [1.29, 1.82) is 0 Å². The number of hydrogen-bond acceptors (Lipinski definition) is 6. The zero-order chi connectivity index (χ0) is 12.8. The van der Waals surface area contributed by atoms with Crippen LogP contribution in [0.5, 0.6) is 0 Å². The van der Waals surface area contributed by atoms with Crippen LogP contribution in [0.3, 0.4) is 0 Å². The van der Waals surface area contributed by atoms with Crippen molar-refractivity contribution in [2.75, 3.05) is 26.5 Å². The number of rotatable bonds is 5. The van der Waals surface area contributed by atoms with Crippen LogP contribution in [-0.2, 0) is 0 Å². The van der Waals surface area contributed by atoms with Crippen LogP contribution >= 0.6 is 11.8 Å². The SMILES string of the molecule is CN(C)C(=O)c1ccc(SCC(O)CO)nn1. The molecule has 1 rings (SSSR count). The summed E-state index contributed by atoms with van der Waals surface area (Å²) >= 11 is 1.27. The van der Waals surface area contributed by atoms with Gasteiger partial charge in [-0.05, 0) is 12.1 Å². The Morgan fingerprint density at radius 1 is 1.47 bits per heavy atom. The van der Waals surface area contributed by atoms with Gasteiger partial charge in [0.25, 0.3) is 5.91 Å². The fraction of sp³-hybridized carbons (Fsp3) is 0.500. The van der Waals surface area contributed by atoms with Crippen molar-refractivity contribution in [1.82, 2.24) is 15.1 Å². The molecule has 6 nitrogen and oxygen atoms in total. The first-order chi connectivity index (χ1) is 8.04. The molecule has 1 aromatic heterocycles. The molecule has 17 heavy (non-hydrogen) atoms. The second-order valence-corrected chi connectivity index (χ2v) is 4.64. The van der Waals surface area contributed by atoms with E-state index < -0.39 is 6.10 Å². The molecule has 1 aromatic rings. The smallest absolute Gasteiger partial charge is 0.273 e. The summed E-state index contributed by atoms with van der Waals surface area (Å²) in [7, 11) is 3.29. The highest BCUT2D eigenvalue weighted by Crippen LogP contribution is 2.15. The van der Waals surface area contributed by atoms with Gasteiger partial charge >= 0.3 is 0 Å². The van der Waals surface area contributed by atoms with Crippen molar-refractivity contribution in [2.24, 2.45) is 0 Å². The predicted octanol–water partition coefficient (Wildman–Crippen LogP) is -0.376. The molecule has 0 radical (unpaired) electrons. The summed E-state index contributed by atoms with van der Waals surface area (Å²) in [4.78, 5) is 12.9. The number of aliphatic hydroxyl groups is 2. The first kappa shape index (κ1) is 13.9. The van der Waals surface area contributed by atoms with Gasteiger partial charge in [0, 0.05) is 19.8 Å². The number of aromatic nitrogens is 2. The van der Waals surface area contributed by atoms with Gasteiger partial charge in [0.1, 0.15) is 5.03 Å². The van der Waals surface area contributed by atoms with E-state index in [1.165, 1.54) is 16.7 Å². The van der Waals surface area contributed by atoms with E-state index >= 15 is 0 Å². The molecule has 0 aliphatic carbocycles. The number of thioether (sulfide) groups is 1. The summed E-state index contributed by atoms with van der Waals surface area (Å²) in [5.41, 5.74) is 0.280. The minimum Gasteiger partial charge on any atom is -0.394 e. The van der Waals surface area contributed by atoms with Crippen molar-refractivity contribution in [3.8, 4) is 0 Å². The Kier molecular flexibility index (Phi) is 5.33. The highest BCUT2D eigenvalue weighted by atomic mass is 32.2. The molecule has 0 aromatic carbocycles. The Hall–Kier alpha value is -1.18. The van der Waals surface area contributed by atoms with Crippen LogP contribution < -0.4 is 0 Å². The second kappa shape index (κ2) is 6.53. The fourth-order valence-corrected chi connectivity index (χ4v) is 1.71. The van der Waals surface area contributed by atoms with Gasteiger partial charge in [-0.3, -0.25) is 4.79 Å². The van der Waals surface area contributed by atoms with Gasteiger partial charge in [-0.1, -0.05) is 0 Å². The van der Waals surface area contributed by atoms with Crippen molar-refractivity contribution < 1.29 is 15.0 Å². The van der Waals surface area contributed by atoms with Crippen molar-refractivity contribution in [2.45, 2.75) is 11.1 Å². The van der Waals surface area contributed by atoms with E-state index in [0.717, 1.165) is 0 Å². The Balaban J connectivity index is 2.59. The summed E-state index contributed by atoms with van der Waals surface area (Å²) < 4.78 is 0. The molecule has 1 atom stereocenters. The average Bonchev–Trinajstić information content (AvgIpc) is 2.35. The van der Waals surface area contributed by atoms with Crippen molar-refractivity contribution in [3.05, 3.63) is 17.8 Å². The molecule has 0 aliphatic rings. The molecule has 0 saturated carbocycles. The van der Waals surface area contributed by atoms with E-state index in [4.69, 9.17) is 10.2 Å². The molecule has 0 fully saturated rings. The summed E-state index contributed by atoms with van der Waals surface area (Å²) in [6, 6.07) is 3.25. The maximum Gasteiger partial charge on any atom is 0.273 e. The van der Waals surface area contributed by atoms with Gasteiger partial charge in [0.2, 0.25) is 0 Å². The quantitative estimate of drug-likeness (QED) is 0.700. The molecule has 0 saturated heterocycles. The lowest BCUT2D eigenvalue weighted by Gasteiger charge is -2.09. The van der Waals surface area contributed by atoms with E-state index in [9.17, 15) is 4.79 Å². The Morgan fingerprint density at radius 3 is 2.65 bits per heavy atom.